The van der Waals surface area contributed by atoms with Crippen LogP contribution in [0.25, 0.3) is 5.65 Å². The van der Waals surface area contributed by atoms with Crippen molar-refractivity contribution in [2.45, 2.75) is 0 Å². The van der Waals surface area contributed by atoms with Crippen LogP contribution in [0.5, 0.6) is 0 Å². The summed E-state index contributed by atoms with van der Waals surface area (Å²) in [6.07, 6.45) is 4.66. The predicted octanol–water partition coefficient (Wildman–Crippen LogP) is 2.39. The van der Waals surface area contributed by atoms with Crippen LogP contribution in [0.2, 0.25) is 0 Å². The van der Waals surface area contributed by atoms with Crippen LogP contribution in [0.1, 0.15) is 16.1 Å². The summed E-state index contributed by atoms with van der Waals surface area (Å²) in [5.41, 5.74) is 2.38. The number of benzene rings is 1. The Labute approximate surface area is 120 Å². The van der Waals surface area contributed by atoms with E-state index in [-0.39, 0.29) is 5.91 Å². The largest absolute Gasteiger partial charge is 0.411 e. The quantitative estimate of drug-likeness (QED) is 0.439. The molecule has 0 unspecified atom stereocenters. The summed E-state index contributed by atoms with van der Waals surface area (Å²) >= 11 is 0. The lowest BCUT2D eigenvalue weighted by Crippen LogP contribution is -2.11. The Balaban J connectivity index is 1.88. The molecule has 0 bridgehead atoms. The van der Waals surface area contributed by atoms with Gasteiger partial charge in [0.15, 0.2) is 0 Å². The third-order valence-electron chi connectivity index (χ3n) is 2.95. The molecule has 2 aromatic heterocycles. The molecule has 1 amide bonds. The highest BCUT2D eigenvalue weighted by atomic mass is 16.4. The Bertz CT molecular complexity index is 809. The Morgan fingerprint density at radius 3 is 2.76 bits per heavy atom. The molecule has 3 aromatic rings. The summed E-state index contributed by atoms with van der Waals surface area (Å²) in [4.78, 5) is 16.4. The molecule has 0 aliphatic rings. The highest BCUT2D eigenvalue weighted by molar-refractivity contribution is 6.03. The Morgan fingerprint density at radius 2 is 2.00 bits per heavy atom. The first-order valence-corrected chi connectivity index (χ1v) is 6.29. The molecule has 0 saturated heterocycles. The molecule has 21 heavy (non-hydrogen) atoms. The first kappa shape index (κ1) is 12.9. The molecule has 0 spiro atoms. The minimum Gasteiger partial charge on any atom is -0.411 e. The topological polar surface area (TPSA) is 79.0 Å². The van der Waals surface area contributed by atoms with Crippen LogP contribution >= 0.6 is 0 Å². The van der Waals surface area contributed by atoms with Gasteiger partial charge in [-0.25, -0.2) is 4.98 Å². The molecule has 6 heteroatoms. The average Bonchev–Trinajstić information content (AvgIpc) is 2.92. The van der Waals surface area contributed by atoms with E-state index < -0.39 is 0 Å². The van der Waals surface area contributed by atoms with Crippen LogP contribution in [-0.2, 0) is 0 Å². The first-order valence-electron chi connectivity index (χ1n) is 6.29. The predicted molar refractivity (Wildman–Crippen MR) is 79.0 cm³/mol. The number of aromatic nitrogens is 2. The number of imidazole rings is 1. The van der Waals surface area contributed by atoms with E-state index in [1.54, 1.807) is 28.9 Å². The molecular formula is C15H12N4O2. The second-order valence-electron chi connectivity index (χ2n) is 4.42. The highest BCUT2D eigenvalue weighted by Crippen LogP contribution is 2.10. The standard InChI is InChI=1S/C15H12N4O2/c20-15(17-12-4-2-1-3-5-12)13-10-19-9-11(8-16-21)6-7-14(19)18-13/h1-10,21H,(H,17,20)/b16-8-. The number of amides is 1. The van der Waals surface area contributed by atoms with Crippen molar-refractivity contribution in [1.29, 1.82) is 0 Å². The molecule has 2 heterocycles. The zero-order valence-electron chi connectivity index (χ0n) is 11.0. The number of fused-ring (bicyclic) bond motifs is 1. The molecule has 0 aliphatic carbocycles. The summed E-state index contributed by atoms with van der Waals surface area (Å²) in [6.45, 7) is 0. The van der Waals surface area contributed by atoms with Crippen LogP contribution in [-0.4, -0.2) is 26.7 Å². The fraction of sp³-hybridized carbons (Fsp3) is 0. The maximum atomic E-state index is 12.1. The Morgan fingerprint density at radius 1 is 1.19 bits per heavy atom. The van der Waals surface area contributed by atoms with Gasteiger partial charge in [0.2, 0.25) is 0 Å². The van der Waals surface area contributed by atoms with E-state index in [0.29, 0.717) is 22.6 Å². The van der Waals surface area contributed by atoms with E-state index in [9.17, 15) is 4.79 Å². The van der Waals surface area contributed by atoms with Crippen LogP contribution in [0.15, 0.2) is 60.0 Å². The van der Waals surface area contributed by atoms with E-state index >= 15 is 0 Å². The van der Waals surface area contributed by atoms with E-state index in [1.807, 2.05) is 30.3 Å². The highest BCUT2D eigenvalue weighted by Gasteiger charge is 2.11. The molecule has 1 aromatic carbocycles. The van der Waals surface area contributed by atoms with Crippen LogP contribution < -0.4 is 5.32 Å². The molecular weight excluding hydrogens is 268 g/mol. The Hall–Kier alpha value is -3.15. The van der Waals surface area contributed by atoms with Crippen LogP contribution in [0.3, 0.4) is 0 Å². The van der Waals surface area contributed by atoms with Gasteiger partial charge >= 0.3 is 0 Å². The third kappa shape index (κ3) is 2.74. The summed E-state index contributed by atoms with van der Waals surface area (Å²) in [7, 11) is 0. The maximum absolute atomic E-state index is 12.1. The molecule has 0 aliphatic heterocycles. The van der Waals surface area contributed by atoms with Gasteiger partial charge in [0.1, 0.15) is 11.3 Å². The number of nitrogens with one attached hydrogen (secondary N) is 1. The fourth-order valence-corrected chi connectivity index (χ4v) is 1.98. The third-order valence-corrected chi connectivity index (χ3v) is 2.95. The van der Waals surface area contributed by atoms with Gasteiger partial charge in [-0.05, 0) is 24.3 Å². The second kappa shape index (κ2) is 5.46. The Kier molecular flexibility index (Phi) is 3.34. The molecule has 6 nitrogen and oxygen atoms in total. The van der Waals surface area contributed by atoms with E-state index in [2.05, 4.69) is 15.5 Å². The van der Waals surface area contributed by atoms with Gasteiger partial charge in [-0.1, -0.05) is 23.4 Å². The number of rotatable bonds is 3. The number of carbonyl (C=O) groups excluding carboxylic acids is 1. The summed E-state index contributed by atoms with van der Waals surface area (Å²) in [6, 6.07) is 12.7. The van der Waals surface area contributed by atoms with Gasteiger partial charge in [-0.3, -0.25) is 4.79 Å². The number of anilines is 1. The van der Waals surface area contributed by atoms with Crippen molar-refractivity contribution >= 4 is 23.5 Å². The number of para-hydroxylation sites is 1. The summed E-state index contributed by atoms with van der Waals surface area (Å²) in [5, 5.41) is 14.3. The smallest absolute Gasteiger partial charge is 0.275 e. The van der Waals surface area contributed by atoms with Gasteiger partial charge in [-0.2, -0.15) is 0 Å². The van der Waals surface area contributed by atoms with Gasteiger partial charge < -0.3 is 14.9 Å². The second-order valence-corrected chi connectivity index (χ2v) is 4.42. The molecule has 0 atom stereocenters. The number of hydrogen-bond acceptors (Lipinski definition) is 4. The van der Waals surface area contributed by atoms with Crippen molar-refractivity contribution in [3.05, 3.63) is 66.1 Å². The van der Waals surface area contributed by atoms with Crippen LogP contribution in [0, 0.1) is 0 Å². The average molecular weight is 280 g/mol. The van der Waals surface area contributed by atoms with Crippen molar-refractivity contribution in [3.8, 4) is 0 Å². The lowest BCUT2D eigenvalue weighted by atomic mass is 10.3. The number of carbonyl (C=O) groups is 1. The van der Waals surface area contributed by atoms with Crippen molar-refractivity contribution in [2.75, 3.05) is 5.32 Å². The lowest BCUT2D eigenvalue weighted by Gasteiger charge is -2.01. The van der Waals surface area contributed by atoms with Crippen molar-refractivity contribution in [3.63, 3.8) is 0 Å². The molecule has 0 fully saturated rings. The van der Waals surface area contributed by atoms with Crippen molar-refractivity contribution in [1.82, 2.24) is 9.38 Å². The van der Waals surface area contributed by atoms with Gasteiger partial charge in [-0.15, -0.1) is 0 Å². The van der Waals surface area contributed by atoms with Gasteiger partial charge in [0.05, 0.1) is 6.21 Å². The molecule has 3 rings (SSSR count). The summed E-state index contributed by atoms with van der Waals surface area (Å²) in [5.74, 6) is -0.276. The number of pyridine rings is 1. The maximum Gasteiger partial charge on any atom is 0.275 e. The minimum absolute atomic E-state index is 0.276. The van der Waals surface area contributed by atoms with Gasteiger partial charge in [0.25, 0.3) is 5.91 Å². The van der Waals surface area contributed by atoms with E-state index in [1.165, 1.54) is 6.21 Å². The zero-order chi connectivity index (χ0) is 14.7. The normalized spacial score (nSPS) is 11.0. The number of nitrogens with zero attached hydrogens (tertiary/aromatic N) is 3. The SMILES string of the molecule is O=C(Nc1ccccc1)c1cn2cc(/C=N\O)ccc2n1. The molecule has 0 saturated carbocycles. The molecule has 2 N–H and O–H groups in total. The first-order chi connectivity index (χ1) is 10.3. The molecule has 104 valence electrons. The van der Waals surface area contributed by atoms with Crippen LogP contribution in [0.4, 0.5) is 5.69 Å². The van der Waals surface area contributed by atoms with Gasteiger partial charge in [0, 0.05) is 23.6 Å². The lowest BCUT2D eigenvalue weighted by molar-refractivity contribution is 0.102. The monoisotopic (exact) mass is 280 g/mol. The molecule has 0 radical (unpaired) electrons. The zero-order valence-corrected chi connectivity index (χ0v) is 11.0. The van der Waals surface area contributed by atoms with Crippen molar-refractivity contribution in [2.24, 2.45) is 5.16 Å². The summed E-state index contributed by atoms with van der Waals surface area (Å²) < 4.78 is 1.71. The van der Waals surface area contributed by atoms with Crippen molar-refractivity contribution < 1.29 is 10.0 Å². The number of oxime groups is 1. The van der Waals surface area contributed by atoms with E-state index in [0.717, 1.165) is 0 Å². The van der Waals surface area contributed by atoms with E-state index in [4.69, 9.17) is 5.21 Å². The fourth-order valence-electron chi connectivity index (χ4n) is 1.98. The minimum atomic E-state index is -0.276. The number of hydrogen-bond donors (Lipinski definition) is 2.